The molecule has 0 amide bonds. The summed E-state index contributed by atoms with van der Waals surface area (Å²) in [6, 6.07) is 3.24. The number of rotatable bonds is 4. The molecule has 1 saturated heterocycles. The van der Waals surface area contributed by atoms with Gasteiger partial charge in [0.2, 0.25) is 5.76 Å². The molecule has 1 aliphatic heterocycles. The first kappa shape index (κ1) is 13.1. The maximum absolute atomic E-state index is 10.7. The molecule has 3 N–H and O–H groups in total. The monoisotopic (exact) mass is 252 g/mol. The highest BCUT2D eigenvalue weighted by Crippen LogP contribution is 2.23. The zero-order chi connectivity index (χ0) is 13.1. The first-order valence-electron chi connectivity index (χ1n) is 6.34. The molecule has 1 aliphatic rings. The average Bonchev–Trinajstić information content (AvgIpc) is 2.80. The van der Waals surface area contributed by atoms with Crippen molar-refractivity contribution in [2.75, 3.05) is 19.6 Å². The predicted molar refractivity (Wildman–Crippen MR) is 67.3 cm³/mol. The molecule has 2 unspecified atom stereocenters. The molecule has 0 saturated carbocycles. The van der Waals surface area contributed by atoms with Gasteiger partial charge in [-0.1, -0.05) is 6.92 Å². The zero-order valence-electron chi connectivity index (χ0n) is 10.6. The lowest BCUT2D eigenvalue weighted by Gasteiger charge is -2.36. The molecule has 0 spiro atoms. The van der Waals surface area contributed by atoms with Crippen LogP contribution in [0.25, 0.3) is 0 Å². The summed E-state index contributed by atoms with van der Waals surface area (Å²) >= 11 is 0. The second kappa shape index (κ2) is 5.54. The molecule has 2 heterocycles. The fraction of sp³-hybridized carbons (Fsp3) is 0.615. The number of likely N-dealkylation sites (tertiary alicyclic amines) is 1. The van der Waals surface area contributed by atoms with Crippen LogP contribution < -0.4 is 5.73 Å². The standard InChI is InChI=1S/C13H20N2O3/c1-9-4-5-15(7-10(9)6-14)8-11-2-3-12(18-11)13(16)17/h2-3,9-10H,4-8,14H2,1H3,(H,16,17). The second-order valence-corrected chi connectivity index (χ2v) is 5.07. The Morgan fingerprint density at radius 1 is 1.61 bits per heavy atom. The van der Waals surface area contributed by atoms with Gasteiger partial charge in [-0.2, -0.15) is 0 Å². The Labute approximate surface area is 107 Å². The van der Waals surface area contributed by atoms with Crippen LogP contribution in [0.5, 0.6) is 0 Å². The van der Waals surface area contributed by atoms with E-state index in [-0.39, 0.29) is 5.76 Å². The van der Waals surface area contributed by atoms with Gasteiger partial charge in [-0.25, -0.2) is 4.79 Å². The Hall–Kier alpha value is -1.33. The van der Waals surface area contributed by atoms with E-state index in [1.54, 1.807) is 6.07 Å². The molecule has 0 aliphatic carbocycles. The SMILES string of the molecule is CC1CCN(Cc2ccc(C(=O)O)o2)CC1CN. The summed E-state index contributed by atoms with van der Waals surface area (Å²) in [7, 11) is 0. The lowest BCUT2D eigenvalue weighted by Crippen LogP contribution is -2.42. The Bertz CT molecular complexity index is 416. The first-order valence-corrected chi connectivity index (χ1v) is 6.34. The van der Waals surface area contributed by atoms with Crippen LogP contribution in [0.2, 0.25) is 0 Å². The van der Waals surface area contributed by atoms with Crippen molar-refractivity contribution in [1.29, 1.82) is 0 Å². The molecular formula is C13H20N2O3. The fourth-order valence-electron chi connectivity index (χ4n) is 2.47. The first-order chi connectivity index (χ1) is 8.60. The Kier molecular flexibility index (Phi) is 4.04. The molecule has 0 radical (unpaired) electrons. The zero-order valence-corrected chi connectivity index (χ0v) is 10.6. The lowest BCUT2D eigenvalue weighted by atomic mass is 9.87. The summed E-state index contributed by atoms with van der Waals surface area (Å²) in [6.07, 6.45) is 1.13. The van der Waals surface area contributed by atoms with Crippen LogP contribution >= 0.6 is 0 Å². The number of hydrogen-bond donors (Lipinski definition) is 2. The van der Waals surface area contributed by atoms with Crippen LogP contribution in [0.15, 0.2) is 16.5 Å². The van der Waals surface area contributed by atoms with E-state index in [1.165, 1.54) is 6.07 Å². The highest BCUT2D eigenvalue weighted by atomic mass is 16.4. The fourth-order valence-corrected chi connectivity index (χ4v) is 2.47. The smallest absolute Gasteiger partial charge is 0.371 e. The van der Waals surface area contributed by atoms with Crippen molar-refractivity contribution in [1.82, 2.24) is 4.90 Å². The van der Waals surface area contributed by atoms with Crippen molar-refractivity contribution in [3.05, 3.63) is 23.7 Å². The van der Waals surface area contributed by atoms with Gasteiger partial charge in [0.25, 0.3) is 0 Å². The van der Waals surface area contributed by atoms with Crippen molar-refractivity contribution >= 4 is 5.97 Å². The van der Waals surface area contributed by atoms with Gasteiger partial charge in [-0.3, -0.25) is 4.90 Å². The number of nitrogens with zero attached hydrogens (tertiary/aromatic N) is 1. The molecule has 5 nitrogen and oxygen atoms in total. The van der Waals surface area contributed by atoms with Crippen LogP contribution in [0, 0.1) is 11.8 Å². The van der Waals surface area contributed by atoms with E-state index in [1.807, 2.05) is 0 Å². The van der Waals surface area contributed by atoms with Crippen molar-refractivity contribution < 1.29 is 14.3 Å². The molecular weight excluding hydrogens is 232 g/mol. The van der Waals surface area contributed by atoms with Crippen LogP contribution in [-0.4, -0.2) is 35.6 Å². The van der Waals surface area contributed by atoms with Crippen molar-refractivity contribution in [3.8, 4) is 0 Å². The third-order valence-corrected chi connectivity index (χ3v) is 3.75. The van der Waals surface area contributed by atoms with E-state index in [4.69, 9.17) is 15.3 Å². The molecule has 1 aromatic rings. The van der Waals surface area contributed by atoms with Gasteiger partial charge < -0.3 is 15.3 Å². The highest BCUT2D eigenvalue weighted by Gasteiger charge is 2.25. The van der Waals surface area contributed by atoms with Crippen molar-refractivity contribution in [3.63, 3.8) is 0 Å². The van der Waals surface area contributed by atoms with Crippen molar-refractivity contribution in [2.24, 2.45) is 17.6 Å². The van der Waals surface area contributed by atoms with Gasteiger partial charge >= 0.3 is 5.97 Å². The predicted octanol–water partition coefficient (Wildman–Crippen LogP) is 1.39. The number of furan rings is 1. The molecule has 2 atom stereocenters. The minimum atomic E-state index is -1.02. The molecule has 1 fully saturated rings. The minimum absolute atomic E-state index is 0.00533. The largest absolute Gasteiger partial charge is 0.475 e. The summed E-state index contributed by atoms with van der Waals surface area (Å²) in [5.41, 5.74) is 5.77. The average molecular weight is 252 g/mol. The van der Waals surface area contributed by atoms with E-state index in [0.29, 0.717) is 30.7 Å². The number of aromatic carboxylic acids is 1. The molecule has 18 heavy (non-hydrogen) atoms. The van der Waals surface area contributed by atoms with E-state index >= 15 is 0 Å². The molecule has 0 aromatic carbocycles. The Morgan fingerprint density at radius 3 is 3.00 bits per heavy atom. The number of carboxylic acid groups (broad SMARTS) is 1. The Morgan fingerprint density at radius 2 is 2.39 bits per heavy atom. The maximum atomic E-state index is 10.7. The summed E-state index contributed by atoms with van der Waals surface area (Å²) in [5, 5.41) is 8.79. The topological polar surface area (TPSA) is 79.7 Å². The van der Waals surface area contributed by atoms with Crippen LogP contribution in [0.3, 0.4) is 0 Å². The Balaban J connectivity index is 1.94. The van der Waals surface area contributed by atoms with Crippen LogP contribution in [0.1, 0.15) is 29.7 Å². The summed E-state index contributed by atoms with van der Waals surface area (Å²) < 4.78 is 5.27. The molecule has 100 valence electrons. The van der Waals surface area contributed by atoms with E-state index in [9.17, 15) is 4.79 Å². The quantitative estimate of drug-likeness (QED) is 0.846. The van der Waals surface area contributed by atoms with Gasteiger partial charge in [-0.05, 0) is 43.5 Å². The number of nitrogens with two attached hydrogens (primary N) is 1. The van der Waals surface area contributed by atoms with E-state index in [2.05, 4.69) is 11.8 Å². The molecule has 1 aromatic heterocycles. The molecule has 0 bridgehead atoms. The number of hydrogen-bond acceptors (Lipinski definition) is 4. The summed E-state index contributed by atoms with van der Waals surface area (Å²) in [6.45, 7) is 5.58. The van der Waals surface area contributed by atoms with Crippen LogP contribution in [0.4, 0.5) is 0 Å². The number of piperidine rings is 1. The van der Waals surface area contributed by atoms with Gasteiger partial charge in [0.15, 0.2) is 0 Å². The number of carboxylic acids is 1. The van der Waals surface area contributed by atoms with E-state index < -0.39 is 5.97 Å². The summed E-state index contributed by atoms with van der Waals surface area (Å²) in [5.74, 6) is 0.877. The second-order valence-electron chi connectivity index (χ2n) is 5.07. The third-order valence-electron chi connectivity index (χ3n) is 3.75. The van der Waals surface area contributed by atoms with Crippen molar-refractivity contribution in [2.45, 2.75) is 19.9 Å². The van der Waals surface area contributed by atoms with Gasteiger partial charge in [-0.15, -0.1) is 0 Å². The summed E-state index contributed by atoms with van der Waals surface area (Å²) in [4.78, 5) is 13.0. The van der Waals surface area contributed by atoms with Crippen LogP contribution in [-0.2, 0) is 6.54 Å². The molecule has 2 rings (SSSR count). The van der Waals surface area contributed by atoms with Gasteiger partial charge in [0.1, 0.15) is 5.76 Å². The molecule has 5 heteroatoms. The third kappa shape index (κ3) is 2.91. The van der Waals surface area contributed by atoms with Gasteiger partial charge in [0.05, 0.1) is 6.54 Å². The lowest BCUT2D eigenvalue weighted by molar-refractivity contribution is 0.0655. The normalized spacial score (nSPS) is 25.2. The van der Waals surface area contributed by atoms with Gasteiger partial charge in [0, 0.05) is 6.54 Å². The highest BCUT2D eigenvalue weighted by molar-refractivity contribution is 5.84. The number of carbonyl (C=O) groups is 1. The van der Waals surface area contributed by atoms with E-state index in [0.717, 1.165) is 19.5 Å². The minimum Gasteiger partial charge on any atom is -0.475 e. The maximum Gasteiger partial charge on any atom is 0.371 e.